The van der Waals surface area contributed by atoms with Gasteiger partial charge in [0.1, 0.15) is 0 Å². The minimum Gasteiger partial charge on any atom is -0.393 e. The zero-order valence-corrected chi connectivity index (χ0v) is 11.2. The zero-order chi connectivity index (χ0) is 12.1. The average Bonchev–Trinajstić information content (AvgIpc) is 2.28. The highest BCUT2D eigenvalue weighted by Crippen LogP contribution is 2.10. The Bertz CT molecular complexity index is 126. The third-order valence-electron chi connectivity index (χ3n) is 2.94. The Hall–Kier alpha value is -0.0800. The number of hydrogen-bond acceptors (Lipinski definition) is 2. The Morgan fingerprint density at radius 1 is 0.875 bits per heavy atom. The highest BCUT2D eigenvalue weighted by molar-refractivity contribution is 4.56. The Morgan fingerprint density at radius 3 is 2.12 bits per heavy atom. The van der Waals surface area contributed by atoms with Gasteiger partial charge in [0, 0.05) is 13.2 Å². The van der Waals surface area contributed by atoms with Crippen LogP contribution in [0.4, 0.5) is 0 Å². The molecule has 0 aliphatic rings. The summed E-state index contributed by atoms with van der Waals surface area (Å²) in [6.07, 6.45) is 10.8. The van der Waals surface area contributed by atoms with E-state index in [1.54, 1.807) is 0 Å². The summed E-state index contributed by atoms with van der Waals surface area (Å²) in [5.41, 5.74) is 0. The van der Waals surface area contributed by atoms with Gasteiger partial charge in [-0.1, -0.05) is 51.9 Å². The molecule has 0 aliphatic heterocycles. The van der Waals surface area contributed by atoms with E-state index in [1.807, 2.05) is 6.92 Å². The minimum atomic E-state index is -0.151. The molecule has 0 aromatic heterocycles. The number of aliphatic hydroxyl groups is 1. The third kappa shape index (κ3) is 12.0. The maximum Gasteiger partial charge on any atom is 0.0562 e. The Morgan fingerprint density at radius 2 is 1.50 bits per heavy atom. The lowest BCUT2D eigenvalue weighted by Gasteiger charge is -2.09. The molecule has 0 aromatic rings. The van der Waals surface area contributed by atoms with Crippen LogP contribution in [0.15, 0.2) is 0 Å². The lowest BCUT2D eigenvalue weighted by Crippen LogP contribution is -2.10. The smallest absolute Gasteiger partial charge is 0.0562 e. The van der Waals surface area contributed by atoms with Gasteiger partial charge < -0.3 is 9.84 Å². The topological polar surface area (TPSA) is 29.5 Å². The first-order chi connectivity index (χ1) is 7.81. The molecule has 1 unspecified atom stereocenters. The van der Waals surface area contributed by atoms with Crippen molar-refractivity contribution in [2.45, 2.75) is 77.7 Å². The number of aliphatic hydroxyl groups excluding tert-OH is 1. The van der Waals surface area contributed by atoms with Crippen molar-refractivity contribution in [3.05, 3.63) is 0 Å². The number of hydrogen-bond donors (Lipinski definition) is 1. The lowest BCUT2D eigenvalue weighted by atomic mass is 10.1. The van der Waals surface area contributed by atoms with Crippen LogP contribution in [0.25, 0.3) is 0 Å². The van der Waals surface area contributed by atoms with Crippen molar-refractivity contribution in [3.63, 3.8) is 0 Å². The van der Waals surface area contributed by atoms with Gasteiger partial charge >= 0.3 is 0 Å². The van der Waals surface area contributed by atoms with Crippen molar-refractivity contribution in [1.29, 1.82) is 0 Å². The summed E-state index contributed by atoms with van der Waals surface area (Å²) in [5.74, 6) is 0. The van der Waals surface area contributed by atoms with Crippen LogP contribution in [-0.4, -0.2) is 24.4 Å². The minimum absolute atomic E-state index is 0.151. The molecule has 0 aliphatic carbocycles. The van der Waals surface area contributed by atoms with Crippen LogP contribution in [0.3, 0.4) is 0 Å². The van der Waals surface area contributed by atoms with Gasteiger partial charge in [0.2, 0.25) is 0 Å². The second-order valence-corrected chi connectivity index (χ2v) is 4.55. The fourth-order valence-electron chi connectivity index (χ4n) is 1.85. The Kier molecular flexibility index (Phi) is 12.9. The molecule has 0 aromatic carbocycles. The molecule has 2 nitrogen and oxygen atoms in total. The van der Waals surface area contributed by atoms with E-state index in [0.29, 0.717) is 6.61 Å². The Balaban J connectivity index is 3.06. The quantitative estimate of drug-likeness (QED) is 0.515. The molecular formula is C14H30O2. The molecule has 98 valence electrons. The lowest BCUT2D eigenvalue weighted by molar-refractivity contribution is 0.0828. The van der Waals surface area contributed by atoms with Crippen LogP contribution in [0.2, 0.25) is 0 Å². The predicted octanol–water partition coefficient (Wildman–Crippen LogP) is 3.91. The van der Waals surface area contributed by atoms with Crippen LogP contribution in [-0.2, 0) is 4.74 Å². The van der Waals surface area contributed by atoms with E-state index in [0.717, 1.165) is 19.4 Å². The zero-order valence-electron chi connectivity index (χ0n) is 11.2. The Labute approximate surface area is 101 Å². The number of ether oxygens (including phenoxy) is 1. The summed E-state index contributed by atoms with van der Waals surface area (Å²) in [6.45, 7) is 5.69. The summed E-state index contributed by atoms with van der Waals surface area (Å²) in [7, 11) is 0. The van der Waals surface area contributed by atoms with Crippen LogP contribution in [0.1, 0.15) is 71.6 Å². The first-order valence-corrected chi connectivity index (χ1v) is 7.07. The molecule has 1 atom stereocenters. The number of rotatable bonds is 12. The van der Waals surface area contributed by atoms with Gasteiger partial charge in [-0.3, -0.25) is 0 Å². The van der Waals surface area contributed by atoms with E-state index in [9.17, 15) is 5.11 Å². The van der Waals surface area contributed by atoms with Gasteiger partial charge in [-0.15, -0.1) is 0 Å². The van der Waals surface area contributed by atoms with Crippen LogP contribution < -0.4 is 0 Å². The van der Waals surface area contributed by atoms with E-state index in [1.165, 1.54) is 44.9 Å². The second kappa shape index (κ2) is 13.0. The highest BCUT2D eigenvalue weighted by Gasteiger charge is 2.03. The van der Waals surface area contributed by atoms with E-state index in [2.05, 4.69) is 6.92 Å². The van der Waals surface area contributed by atoms with Gasteiger partial charge in [0.15, 0.2) is 0 Å². The van der Waals surface area contributed by atoms with E-state index >= 15 is 0 Å². The molecule has 0 amide bonds. The molecule has 16 heavy (non-hydrogen) atoms. The van der Waals surface area contributed by atoms with Crippen LogP contribution >= 0.6 is 0 Å². The molecule has 0 heterocycles. The maximum absolute atomic E-state index is 9.64. The van der Waals surface area contributed by atoms with Crippen LogP contribution in [0.5, 0.6) is 0 Å². The summed E-state index contributed by atoms with van der Waals surface area (Å²) in [5, 5.41) is 9.64. The van der Waals surface area contributed by atoms with Gasteiger partial charge in [0.25, 0.3) is 0 Å². The SMILES string of the molecule is CCCCCCCCCC(O)CCOCC. The molecule has 0 bridgehead atoms. The monoisotopic (exact) mass is 230 g/mol. The van der Waals surface area contributed by atoms with Crippen LogP contribution in [0, 0.1) is 0 Å². The van der Waals surface area contributed by atoms with Crippen molar-refractivity contribution in [2.75, 3.05) is 13.2 Å². The molecule has 0 fully saturated rings. The van der Waals surface area contributed by atoms with Crippen molar-refractivity contribution >= 4 is 0 Å². The molecular weight excluding hydrogens is 200 g/mol. The van der Waals surface area contributed by atoms with Gasteiger partial charge in [0.05, 0.1) is 6.10 Å². The van der Waals surface area contributed by atoms with Gasteiger partial charge in [-0.2, -0.15) is 0 Å². The molecule has 0 radical (unpaired) electrons. The first kappa shape index (κ1) is 15.9. The molecule has 0 rings (SSSR count). The standard InChI is InChI=1S/C14H30O2/c1-3-5-6-7-8-9-10-11-14(15)12-13-16-4-2/h14-15H,3-13H2,1-2H3. The molecule has 2 heteroatoms. The van der Waals surface area contributed by atoms with Crippen molar-refractivity contribution in [1.82, 2.24) is 0 Å². The molecule has 0 spiro atoms. The van der Waals surface area contributed by atoms with Gasteiger partial charge in [-0.25, -0.2) is 0 Å². The van der Waals surface area contributed by atoms with E-state index in [-0.39, 0.29) is 6.10 Å². The molecule has 0 saturated heterocycles. The fraction of sp³-hybridized carbons (Fsp3) is 1.00. The average molecular weight is 230 g/mol. The summed E-state index contributed by atoms with van der Waals surface area (Å²) >= 11 is 0. The normalized spacial score (nSPS) is 12.9. The summed E-state index contributed by atoms with van der Waals surface area (Å²) in [6, 6.07) is 0. The fourth-order valence-corrected chi connectivity index (χ4v) is 1.85. The van der Waals surface area contributed by atoms with E-state index in [4.69, 9.17) is 4.74 Å². The van der Waals surface area contributed by atoms with Gasteiger partial charge in [-0.05, 0) is 19.8 Å². The first-order valence-electron chi connectivity index (χ1n) is 7.07. The highest BCUT2D eigenvalue weighted by atomic mass is 16.5. The maximum atomic E-state index is 9.64. The second-order valence-electron chi connectivity index (χ2n) is 4.55. The largest absolute Gasteiger partial charge is 0.393 e. The van der Waals surface area contributed by atoms with Crippen molar-refractivity contribution < 1.29 is 9.84 Å². The number of unbranched alkanes of at least 4 members (excludes halogenated alkanes) is 6. The van der Waals surface area contributed by atoms with Crippen molar-refractivity contribution in [2.24, 2.45) is 0 Å². The predicted molar refractivity (Wildman–Crippen MR) is 69.7 cm³/mol. The van der Waals surface area contributed by atoms with Crippen molar-refractivity contribution in [3.8, 4) is 0 Å². The molecule has 0 saturated carbocycles. The summed E-state index contributed by atoms with van der Waals surface area (Å²) < 4.78 is 5.22. The summed E-state index contributed by atoms with van der Waals surface area (Å²) in [4.78, 5) is 0. The third-order valence-corrected chi connectivity index (χ3v) is 2.94. The van der Waals surface area contributed by atoms with E-state index < -0.39 is 0 Å². The molecule has 1 N–H and O–H groups in total.